The Kier molecular flexibility index (Phi) is 5.30. The second-order valence-corrected chi connectivity index (χ2v) is 4.59. The van der Waals surface area contributed by atoms with Crippen molar-refractivity contribution in [3.05, 3.63) is 27.8 Å². The zero-order chi connectivity index (χ0) is 10.4. The van der Waals surface area contributed by atoms with Crippen molar-refractivity contribution in [2.24, 2.45) is 5.92 Å². The van der Waals surface area contributed by atoms with E-state index in [1.807, 2.05) is 18.2 Å². The van der Waals surface area contributed by atoms with Gasteiger partial charge in [0, 0.05) is 0 Å². The summed E-state index contributed by atoms with van der Waals surface area (Å²) in [7, 11) is 0. The minimum absolute atomic E-state index is 0.686. The molecular formula is C12H17IO. The van der Waals surface area contributed by atoms with E-state index in [0.717, 1.165) is 12.4 Å². The van der Waals surface area contributed by atoms with Gasteiger partial charge < -0.3 is 4.74 Å². The monoisotopic (exact) mass is 304 g/mol. The summed E-state index contributed by atoms with van der Waals surface area (Å²) in [4.78, 5) is 0. The molecule has 0 fully saturated rings. The van der Waals surface area contributed by atoms with Gasteiger partial charge in [-0.15, -0.1) is 0 Å². The number of hydrogen-bond donors (Lipinski definition) is 0. The van der Waals surface area contributed by atoms with Gasteiger partial charge in [0.2, 0.25) is 0 Å². The van der Waals surface area contributed by atoms with Gasteiger partial charge in [0.1, 0.15) is 5.75 Å². The molecule has 1 aromatic rings. The summed E-state index contributed by atoms with van der Waals surface area (Å²) in [5, 5.41) is 0. The summed E-state index contributed by atoms with van der Waals surface area (Å²) in [6.07, 6.45) is 2.39. The van der Waals surface area contributed by atoms with Crippen molar-refractivity contribution in [2.75, 3.05) is 6.61 Å². The van der Waals surface area contributed by atoms with E-state index in [2.05, 4.69) is 42.5 Å². The summed E-state index contributed by atoms with van der Waals surface area (Å²) >= 11 is 2.31. The van der Waals surface area contributed by atoms with Crippen molar-refractivity contribution in [2.45, 2.75) is 26.7 Å². The lowest BCUT2D eigenvalue weighted by molar-refractivity contribution is 0.239. The largest absolute Gasteiger partial charge is 0.492 e. The molecule has 0 amide bonds. The number of ether oxygens (including phenoxy) is 1. The molecule has 2 heteroatoms. The average Bonchev–Trinajstić information content (AvgIpc) is 2.22. The van der Waals surface area contributed by atoms with Crippen molar-refractivity contribution in [3.63, 3.8) is 0 Å². The van der Waals surface area contributed by atoms with Crippen LogP contribution in [0.5, 0.6) is 5.75 Å². The number of rotatable bonds is 5. The topological polar surface area (TPSA) is 9.23 Å². The smallest absolute Gasteiger partial charge is 0.132 e. The number of para-hydroxylation sites is 1. The molecule has 1 nitrogen and oxygen atoms in total. The minimum Gasteiger partial charge on any atom is -0.492 e. The molecule has 14 heavy (non-hydrogen) atoms. The molecule has 0 aliphatic carbocycles. The molecule has 0 aliphatic rings. The summed E-state index contributed by atoms with van der Waals surface area (Å²) < 4.78 is 6.96. The van der Waals surface area contributed by atoms with Gasteiger partial charge in [-0.1, -0.05) is 38.8 Å². The molecule has 0 heterocycles. The first-order valence-corrected chi connectivity index (χ1v) is 6.23. The van der Waals surface area contributed by atoms with Gasteiger partial charge >= 0.3 is 0 Å². The third-order valence-corrected chi connectivity index (χ3v) is 3.36. The van der Waals surface area contributed by atoms with Crippen molar-refractivity contribution in [1.29, 1.82) is 0 Å². The summed E-state index contributed by atoms with van der Waals surface area (Å²) in [6.45, 7) is 5.27. The van der Waals surface area contributed by atoms with E-state index >= 15 is 0 Å². The van der Waals surface area contributed by atoms with Crippen LogP contribution in [0.1, 0.15) is 26.7 Å². The minimum atomic E-state index is 0.686. The van der Waals surface area contributed by atoms with Crippen LogP contribution in [0.25, 0.3) is 0 Å². The van der Waals surface area contributed by atoms with Gasteiger partial charge in [-0.05, 0) is 40.6 Å². The first-order chi connectivity index (χ1) is 6.77. The third-order valence-electron chi connectivity index (χ3n) is 2.47. The van der Waals surface area contributed by atoms with Crippen molar-refractivity contribution in [3.8, 4) is 5.75 Å². The lowest BCUT2D eigenvalue weighted by Gasteiger charge is -2.14. The molecule has 0 radical (unpaired) electrons. The van der Waals surface area contributed by atoms with E-state index in [4.69, 9.17) is 4.74 Å². The van der Waals surface area contributed by atoms with Crippen LogP contribution < -0.4 is 4.74 Å². The first kappa shape index (κ1) is 11.8. The molecule has 0 spiro atoms. The van der Waals surface area contributed by atoms with Crippen LogP contribution in [0, 0.1) is 9.49 Å². The molecule has 78 valence electrons. The highest BCUT2D eigenvalue weighted by molar-refractivity contribution is 14.1. The fourth-order valence-corrected chi connectivity index (χ4v) is 1.84. The average molecular weight is 304 g/mol. The maximum absolute atomic E-state index is 5.77. The Labute approximate surface area is 100.0 Å². The Hall–Kier alpha value is -0.250. The van der Waals surface area contributed by atoms with Crippen molar-refractivity contribution in [1.82, 2.24) is 0 Å². The van der Waals surface area contributed by atoms with Gasteiger partial charge in [-0.2, -0.15) is 0 Å². The van der Waals surface area contributed by atoms with Crippen molar-refractivity contribution >= 4 is 22.6 Å². The lowest BCUT2D eigenvalue weighted by atomic mass is 10.1. The SMILES string of the molecule is CCC(CC)COc1ccccc1I. The predicted octanol–water partition coefficient (Wildman–Crippen LogP) is 4.11. The Bertz CT molecular complexity index is 269. The lowest BCUT2D eigenvalue weighted by Crippen LogP contribution is -2.10. The third kappa shape index (κ3) is 3.48. The molecular weight excluding hydrogens is 287 g/mol. The van der Waals surface area contributed by atoms with Gasteiger partial charge in [0.25, 0.3) is 0 Å². The maximum Gasteiger partial charge on any atom is 0.132 e. The van der Waals surface area contributed by atoms with E-state index in [-0.39, 0.29) is 0 Å². The summed E-state index contributed by atoms with van der Waals surface area (Å²) in [5.41, 5.74) is 0. The molecule has 0 aromatic heterocycles. The highest BCUT2D eigenvalue weighted by Gasteiger charge is 2.05. The molecule has 0 aliphatic heterocycles. The second kappa shape index (κ2) is 6.27. The van der Waals surface area contributed by atoms with Crippen LogP contribution in [0.15, 0.2) is 24.3 Å². The van der Waals surface area contributed by atoms with Gasteiger partial charge in [-0.25, -0.2) is 0 Å². The van der Waals surface area contributed by atoms with Crippen molar-refractivity contribution < 1.29 is 4.74 Å². The van der Waals surface area contributed by atoms with Crippen LogP contribution in [0.3, 0.4) is 0 Å². The fourth-order valence-electron chi connectivity index (χ4n) is 1.29. The van der Waals surface area contributed by atoms with Crippen LogP contribution in [-0.4, -0.2) is 6.61 Å². The quantitative estimate of drug-likeness (QED) is 0.744. The Morgan fingerprint density at radius 3 is 2.43 bits per heavy atom. The Morgan fingerprint density at radius 2 is 1.86 bits per heavy atom. The standard InChI is InChI=1S/C12H17IO/c1-3-10(4-2)9-14-12-8-6-5-7-11(12)13/h5-8,10H,3-4,9H2,1-2H3. The number of hydrogen-bond acceptors (Lipinski definition) is 1. The summed E-state index contributed by atoms with van der Waals surface area (Å²) in [6, 6.07) is 8.16. The summed E-state index contributed by atoms with van der Waals surface area (Å²) in [5.74, 6) is 1.70. The normalized spacial score (nSPS) is 10.6. The Morgan fingerprint density at radius 1 is 1.21 bits per heavy atom. The molecule has 0 atom stereocenters. The zero-order valence-corrected chi connectivity index (χ0v) is 11.0. The van der Waals surface area contributed by atoms with Gasteiger partial charge in [-0.3, -0.25) is 0 Å². The number of benzene rings is 1. The van der Waals surface area contributed by atoms with E-state index in [0.29, 0.717) is 5.92 Å². The molecule has 0 N–H and O–H groups in total. The molecule has 0 saturated carbocycles. The van der Waals surface area contributed by atoms with E-state index in [9.17, 15) is 0 Å². The highest BCUT2D eigenvalue weighted by atomic mass is 127. The van der Waals surface area contributed by atoms with Crippen LogP contribution in [-0.2, 0) is 0 Å². The van der Waals surface area contributed by atoms with E-state index in [1.165, 1.54) is 16.4 Å². The zero-order valence-electron chi connectivity index (χ0n) is 8.79. The highest BCUT2D eigenvalue weighted by Crippen LogP contribution is 2.21. The molecule has 0 unspecified atom stereocenters. The van der Waals surface area contributed by atoms with Gasteiger partial charge in [0.15, 0.2) is 0 Å². The number of halogens is 1. The molecule has 1 aromatic carbocycles. The second-order valence-electron chi connectivity index (χ2n) is 3.42. The fraction of sp³-hybridized carbons (Fsp3) is 0.500. The van der Waals surface area contributed by atoms with E-state index in [1.54, 1.807) is 0 Å². The molecule has 0 bridgehead atoms. The van der Waals surface area contributed by atoms with E-state index < -0.39 is 0 Å². The predicted molar refractivity (Wildman–Crippen MR) is 68.7 cm³/mol. The van der Waals surface area contributed by atoms with Crippen LogP contribution >= 0.6 is 22.6 Å². The molecule has 1 rings (SSSR count). The first-order valence-electron chi connectivity index (χ1n) is 5.15. The molecule has 0 saturated heterocycles. The maximum atomic E-state index is 5.77. The van der Waals surface area contributed by atoms with Gasteiger partial charge in [0.05, 0.1) is 10.2 Å². The van der Waals surface area contributed by atoms with Crippen LogP contribution in [0.4, 0.5) is 0 Å². The van der Waals surface area contributed by atoms with Crippen LogP contribution in [0.2, 0.25) is 0 Å². The Balaban J connectivity index is 2.49.